The highest BCUT2D eigenvalue weighted by molar-refractivity contribution is 5.21. The summed E-state index contributed by atoms with van der Waals surface area (Å²) in [7, 11) is 0. The molecule has 0 amide bonds. The molecule has 1 fully saturated rings. The van der Waals surface area contributed by atoms with Crippen molar-refractivity contribution in [2.45, 2.75) is 31.7 Å². The van der Waals surface area contributed by atoms with Crippen LogP contribution in [-0.4, -0.2) is 12.6 Å². The summed E-state index contributed by atoms with van der Waals surface area (Å²) in [6.45, 7) is 3.47. The van der Waals surface area contributed by atoms with Gasteiger partial charge in [-0.1, -0.05) is 30.3 Å². The van der Waals surface area contributed by atoms with E-state index in [1.807, 2.05) is 0 Å². The lowest BCUT2D eigenvalue weighted by Crippen LogP contribution is -2.37. The molecule has 1 aromatic rings. The molecule has 1 nitrogen and oxygen atoms in total. The van der Waals surface area contributed by atoms with E-state index in [1.165, 1.54) is 24.9 Å². The van der Waals surface area contributed by atoms with Crippen molar-refractivity contribution >= 4 is 0 Å². The average molecular weight is 175 g/mol. The minimum Gasteiger partial charge on any atom is -0.314 e. The smallest absolute Gasteiger partial charge is 0.0107 e. The van der Waals surface area contributed by atoms with Crippen molar-refractivity contribution in [2.24, 2.45) is 0 Å². The van der Waals surface area contributed by atoms with E-state index in [0.29, 0.717) is 6.04 Å². The predicted octanol–water partition coefficient (Wildman–Crippen LogP) is 2.54. The maximum absolute atomic E-state index is 3.53. The average Bonchev–Trinajstić information content (AvgIpc) is 2.20. The molecule has 1 unspecified atom stereocenters. The van der Waals surface area contributed by atoms with E-state index < -0.39 is 0 Å². The van der Waals surface area contributed by atoms with Crippen LogP contribution in [0.1, 0.15) is 31.2 Å². The van der Waals surface area contributed by atoms with Gasteiger partial charge in [0.05, 0.1) is 0 Å². The topological polar surface area (TPSA) is 12.0 Å². The third-order valence-corrected chi connectivity index (χ3v) is 2.99. The van der Waals surface area contributed by atoms with Gasteiger partial charge in [0.1, 0.15) is 0 Å². The summed E-state index contributed by atoms with van der Waals surface area (Å²) in [6.07, 6.45) is 2.64. The fourth-order valence-corrected chi connectivity index (χ4v) is 2.20. The first kappa shape index (κ1) is 8.76. The molecule has 0 bridgehead atoms. The Bertz CT molecular complexity index is 255. The van der Waals surface area contributed by atoms with E-state index in [4.69, 9.17) is 0 Å². The second-order valence-electron chi connectivity index (χ2n) is 3.90. The molecule has 1 aliphatic heterocycles. The standard InChI is InChI=1S/C12H17N/c1-10-12(8-5-9-13-10)11-6-3-2-4-7-11/h2-4,6-7,10,12-13H,5,8-9H2,1H3/t10-,12?/m0/s1. The Morgan fingerprint density at radius 1 is 1.23 bits per heavy atom. The molecule has 2 rings (SSSR count). The minimum atomic E-state index is 0.635. The van der Waals surface area contributed by atoms with Crippen LogP contribution in [0.5, 0.6) is 0 Å². The summed E-state index contributed by atoms with van der Waals surface area (Å²) < 4.78 is 0. The van der Waals surface area contributed by atoms with Gasteiger partial charge in [0.15, 0.2) is 0 Å². The zero-order valence-corrected chi connectivity index (χ0v) is 8.16. The molecule has 1 aliphatic rings. The van der Waals surface area contributed by atoms with Gasteiger partial charge in [-0.2, -0.15) is 0 Å². The zero-order valence-electron chi connectivity index (χ0n) is 8.16. The first-order chi connectivity index (χ1) is 6.38. The lowest BCUT2D eigenvalue weighted by Gasteiger charge is -2.30. The Kier molecular flexibility index (Phi) is 2.65. The molecule has 0 saturated carbocycles. The predicted molar refractivity (Wildman–Crippen MR) is 55.9 cm³/mol. The van der Waals surface area contributed by atoms with Crippen molar-refractivity contribution < 1.29 is 0 Å². The molecule has 1 saturated heterocycles. The minimum absolute atomic E-state index is 0.635. The van der Waals surface area contributed by atoms with Gasteiger partial charge in [0, 0.05) is 6.04 Å². The van der Waals surface area contributed by atoms with Gasteiger partial charge in [-0.25, -0.2) is 0 Å². The highest BCUT2D eigenvalue weighted by Gasteiger charge is 2.21. The lowest BCUT2D eigenvalue weighted by atomic mass is 9.86. The monoisotopic (exact) mass is 175 g/mol. The van der Waals surface area contributed by atoms with E-state index in [2.05, 4.69) is 42.6 Å². The molecule has 0 spiro atoms. The van der Waals surface area contributed by atoms with Gasteiger partial charge in [-0.05, 0) is 37.8 Å². The molecule has 70 valence electrons. The van der Waals surface area contributed by atoms with Gasteiger partial charge >= 0.3 is 0 Å². The van der Waals surface area contributed by atoms with Crippen molar-refractivity contribution in [3.8, 4) is 0 Å². The highest BCUT2D eigenvalue weighted by atomic mass is 14.9. The van der Waals surface area contributed by atoms with E-state index in [0.717, 1.165) is 5.92 Å². The fourth-order valence-electron chi connectivity index (χ4n) is 2.20. The van der Waals surface area contributed by atoms with Crippen LogP contribution in [-0.2, 0) is 0 Å². The Hall–Kier alpha value is -0.820. The molecule has 2 atom stereocenters. The van der Waals surface area contributed by atoms with Crippen molar-refractivity contribution in [2.75, 3.05) is 6.54 Å². The molecule has 0 aliphatic carbocycles. The zero-order chi connectivity index (χ0) is 9.10. The van der Waals surface area contributed by atoms with Crippen LogP contribution >= 0.6 is 0 Å². The second kappa shape index (κ2) is 3.93. The number of benzene rings is 1. The molecule has 1 N–H and O–H groups in total. The third kappa shape index (κ3) is 1.92. The van der Waals surface area contributed by atoms with Crippen LogP contribution in [0.15, 0.2) is 30.3 Å². The van der Waals surface area contributed by atoms with Crippen LogP contribution in [0.25, 0.3) is 0 Å². The Morgan fingerprint density at radius 2 is 2.00 bits per heavy atom. The molecule has 0 aromatic heterocycles. The number of hydrogen-bond donors (Lipinski definition) is 1. The Balaban J connectivity index is 2.15. The Morgan fingerprint density at radius 3 is 2.69 bits per heavy atom. The SMILES string of the molecule is C[C@@H]1NCCCC1c1ccccc1. The lowest BCUT2D eigenvalue weighted by molar-refractivity contribution is 0.371. The Labute approximate surface area is 80.2 Å². The van der Waals surface area contributed by atoms with Crippen LogP contribution in [0.2, 0.25) is 0 Å². The van der Waals surface area contributed by atoms with Crippen LogP contribution in [0.4, 0.5) is 0 Å². The van der Waals surface area contributed by atoms with Crippen LogP contribution < -0.4 is 5.32 Å². The van der Waals surface area contributed by atoms with E-state index in [9.17, 15) is 0 Å². The van der Waals surface area contributed by atoms with E-state index in [1.54, 1.807) is 0 Å². The van der Waals surface area contributed by atoms with Crippen molar-refractivity contribution in [1.29, 1.82) is 0 Å². The quantitative estimate of drug-likeness (QED) is 0.691. The first-order valence-electron chi connectivity index (χ1n) is 5.16. The molecular formula is C12H17N. The number of rotatable bonds is 1. The number of piperidine rings is 1. The summed E-state index contributed by atoms with van der Waals surface area (Å²) in [5.41, 5.74) is 1.49. The molecule has 1 heteroatoms. The fraction of sp³-hybridized carbons (Fsp3) is 0.500. The maximum atomic E-state index is 3.53. The van der Waals surface area contributed by atoms with Crippen molar-refractivity contribution in [3.63, 3.8) is 0 Å². The van der Waals surface area contributed by atoms with Gasteiger partial charge in [-0.15, -0.1) is 0 Å². The summed E-state index contributed by atoms with van der Waals surface area (Å²) in [5.74, 6) is 0.718. The van der Waals surface area contributed by atoms with Crippen LogP contribution in [0, 0.1) is 0 Å². The molecule has 1 heterocycles. The third-order valence-electron chi connectivity index (χ3n) is 2.99. The number of hydrogen-bond acceptors (Lipinski definition) is 1. The van der Waals surface area contributed by atoms with Gasteiger partial charge < -0.3 is 5.32 Å². The molecule has 0 radical (unpaired) electrons. The highest BCUT2D eigenvalue weighted by Crippen LogP contribution is 2.27. The largest absolute Gasteiger partial charge is 0.314 e. The number of nitrogens with one attached hydrogen (secondary N) is 1. The van der Waals surface area contributed by atoms with Crippen molar-refractivity contribution in [3.05, 3.63) is 35.9 Å². The first-order valence-corrected chi connectivity index (χ1v) is 5.16. The van der Waals surface area contributed by atoms with Crippen molar-refractivity contribution in [1.82, 2.24) is 5.32 Å². The van der Waals surface area contributed by atoms with Gasteiger partial charge in [0.25, 0.3) is 0 Å². The van der Waals surface area contributed by atoms with Crippen LogP contribution in [0.3, 0.4) is 0 Å². The summed E-state index contributed by atoms with van der Waals surface area (Å²) in [6, 6.07) is 11.5. The van der Waals surface area contributed by atoms with E-state index in [-0.39, 0.29) is 0 Å². The van der Waals surface area contributed by atoms with Gasteiger partial charge in [0.2, 0.25) is 0 Å². The molecule has 13 heavy (non-hydrogen) atoms. The summed E-state index contributed by atoms with van der Waals surface area (Å²) in [5, 5.41) is 3.53. The van der Waals surface area contributed by atoms with Gasteiger partial charge in [-0.3, -0.25) is 0 Å². The second-order valence-corrected chi connectivity index (χ2v) is 3.90. The normalized spacial score (nSPS) is 28.7. The molecule has 1 aromatic carbocycles. The summed E-state index contributed by atoms with van der Waals surface area (Å²) >= 11 is 0. The van der Waals surface area contributed by atoms with E-state index >= 15 is 0 Å². The molecular weight excluding hydrogens is 158 g/mol. The summed E-state index contributed by atoms with van der Waals surface area (Å²) in [4.78, 5) is 0. The maximum Gasteiger partial charge on any atom is 0.0107 e.